The molecule has 2 aromatic heterocycles. The van der Waals surface area contributed by atoms with Gasteiger partial charge in [-0.25, -0.2) is 4.98 Å². The molecule has 0 bridgehead atoms. The van der Waals surface area contributed by atoms with Gasteiger partial charge in [0.05, 0.1) is 17.1 Å². The lowest BCUT2D eigenvalue weighted by molar-refractivity contribution is -0.134. The number of nitrogens with zero attached hydrogens (tertiary/aromatic N) is 4. The average molecular weight is 451 g/mol. The SMILES string of the molecule is O=C(CCc1oc(-n2cnc3ccccc32)nc1-c1ccc(Cl)cc1)N1CCCC(O)C1. The van der Waals surface area contributed by atoms with Gasteiger partial charge in [0.2, 0.25) is 5.91 Å². The Morgan fingerprint density at radius 3 is 2.81 bits per heavy atom. The quantitative estimate of drug-likeness (QED) is 0.491. The Kier molecular flexibility index (Phi) is 5.68. The summed E-state index contributed by atoms with van der Waals surface area (Å²) in [5.74, 6) is 0.642. The smallest absolute Gasteiger partial charge is 0.308 e. The average Bonchev–Trinajstić information content (AvgIpc) is 3.42. The van der Waals surface area contributed by atoms with Crippen molar-refractivity contribution in [1.82, 2.24) is 19.4 Å². The first-order valence-corrected chi connectivity index (χ1v) is 11.1. The number of β-amino-alcohol motifs (C(OH)–C–C–N with tert-alkyl or cyclic N) is 1. The van der Waals surface area contributed by atoms with Crippen LogP contribution in [0, 0.1) is 0 Å². The van der Waals surface area contributed by atoms with Gasteiger partial charge in [-0.3, -0.25) is 9.36 Å². The van der Waals surface area contributed by atoms with Crippen molar-refractivity contribution < 1.29 is 14.3 Å². The predicted octanol–water partition coefficient (Wildman–Crippen LogP) is 4.25. The van der Waals surface area contributed by atoms with Crippen LogP contribution in [0.15, 0.2) is 59.3 Å². The van der Waals surface area contributed by atoms with Crippen LogP contribution in [0.4, 0.5) is 0 Å². The highest BCUT2D eigenvalue weighted by atomic mass is 35.5. The second kappa shape index (κ2) is 8.76. The zero-order valence-corrected chi connectivity index (χ0v) is 18.2. The van der Waals surface area contributed by atoms with E-state index in [1.165, 1.54) is 0 Å². The summed E-state index contributed by atoms with van der Waals surface area (Å²) in [6, 6.07) is 15.6. The van der Waals surface area contributed by atoms with Crippen molar-refractivity contribution in [1.29, 1.82) is 0 Å². The van der Waals surface area contributed by atoms with Crippen LogP contribution in [0.3, 0.4) is 0 Å². The van der Waals surface area contributed by atoms with Gasteiger partial charge in [-0.05, 0) is 37.1 Å². The van der Waals surface area contributed by atoms with Crippen LogP contribution in [0.1, 0.15) is 25.0 Å². The van der Waals surface area contributed by atoms with Crippen LogP contribution in [0.2, 0.25) is 5.02 Å². The van der Waals surface area contributed by atoms with Gasteiger partial charge >= 0.3 is 6.01 Å². The molecule has 7 nitrogen and oxygen atoms in total. The molecule has 8 heteroatoms. The maximum absolute atomic E-state index is 12.7. The molecule has 1 fully saturated rings. The Morgan fingerprint density at radius 2 is 2.00 bits per heavy atom. The van der Waals surface area contributed by atoms with E-state index in [0.29, 0.717) is 42.0 Å². The summed E-state index contributed by atoms with van der Waals surface area (Å²) in [4.78, 5) is 23.6. The van der Waals surface area contributed by atoms with E-state index in [4.69, 9.17) is 21.0 Å². The van der Waals surface area contributed by atoms with Crippen molar-refractivity contribution in [2.45, 2.75) is 31.8 Å². The fourth-order valence-electron chi connectivity index (χ4n) is 4.12. The van der Waals surface area contributed by atoms with E-state index in [1.54, 1.807) is 15.8 Å². The van der Waals surface area contributed by atoms with E-state index in [1.807, 2.05) is 48.5 Å². The molecule has 5 rings (SSSR count). The Balaban J connectivity index is 1.46. The van der Waals surface area contributed by atoms with Crippen molar-refractivity contribution >= 4 is 28.5 Å². The molecule has 164 valence electrons. The van der Waals surface area contributed by atoms with Gasteiger partial charge in [0, 0.05) is 36.5 Å². The number of hydrogen-bond acceptors (Lipinski definition) is 5. The highest BCUT2D eigenvalue weighted by molar-refractivity contribution is 6.30. The van der Waals surface area contributed by atoms with Crippen LogP contribution in [0.5, 0.6) is 0 Å². The summed E-state index contributed by atoms with van der Waals surface area (Å²) in [7, 11) is 0. The molecule has 0 saturated carbocycles. The van der Waals surface area contributed by atoms with E-state index in [9.17, 15) is 9.90 Å². The van der Waals surface area contributed by atoms with E-state index in [0.717, 1.165) is 29.4 Å². The summed E-state index contributed by atoms with van der Waals surface area (Å²) < 4.78 is 7.98. The highest BCUT2D eigenvalue weighted by Gasteiger charge is 2.24. The van der Waals surface area contributed by atoms with Crippen molar-refractivity contribution in [2.75, 3.05) is 13.1 Å². The number of halogens is 1. The lowest BCUT2D eigenvalue weighted by atomic mass is 10.1. The molecule has 32 heavy (non-hydrogen) atoms. The van der Waals surface area contributed by atoms with Gasteiger partial charge in [0.25, 0.3) is 0 Å². The third-order valence-electron chi connectivity index (χ3n) is 5.78. The topological polar surface area (TPSA) is 84.4 Å². The third kappa shape index (κ3) is 4.13. The van der Waals surface area contributed by atoms with Crippen molar-refractivity contribution in [3.05, 3.63) is 65.6 Å². The summed E-state index contributed by atoms with van der Waals surface area (Å²) in [5, 5.41) is 10.5. The number of aliphatic hydroxyl groups is 1. The second-order valence-electron chi connectivity index (χ2n) is 8.01. The zero-order chi connectivity index (χ0) is 22.1. The summed E-state index contributed by atoms with van der Waals surface area (Å²) in [6.07, 6.45) is 3.50. The fourth-order valence-corrected chi connectivity index (χ4v) is 4.24. The van der Waals surface area contributed by atoms with Crippen LogP contribution in [-0.2, 0) is 11.2 Å². The molecule has 1 amide bonds. The summed E-state index contributed by atoms with van der Waals surface area (Å²) >= 11 is 6.06. The van der Waals surface area contributed by atoms with Crippen LogP contribution in [0.25, 0.3) is 28.3 Å². The van der Waals surface area contributed by atoms with Crippen LogP contribution in [-0.4, -0.2) is 49.6 Å². The molecular formula is C24H23ClN4O3. The number of fused-ring (bicyclic) bond motifs is 1. The first kappa shape index (κ1) is 20.7. The molecule has 2 aromatic carbocycles. The van der Waals surface area contributed by atoms with Crippen LogP contribution < -0.4 is 0 Å². The lowest BCUT2D eigenvalue weighted by Gasteiger charge is -2.30. The fraction of sp³-hybridized carbons (Fsp3) is 0.292. The number of imidazole rings is 1. The van der Waals surface area contributed by atoms with Gasteiger partial charge in [0.1, 0.15) is 17.8 Å². The number of carbonyl (C=O) groups is 1. The molecular weight excluding hydrogens is 428 g/mol. The van der Waals surface area contributed by atoms with Gasteiger partial charge < -0.3 is 14.4 Å². The van der Waals surface area contributed by atoms with Gasteiger partial charge in [0.15, 0.2) is 0 Å². The minimum atomic E-state index is -0.441. The molecule has 1 atom stereocenters. The maximum Gasteiger partial charge on any atom is 0.308 e. The molecule has 1 N–H and O–H groups in total. The lowest BCUT2D eigenvalue weighted by Crippen LogP contribution is -2.42. The van der Waals surface area contributed by atoms with Crippen LogP contribution >= 0.6 is 11.6 Å². The number of para-hydroxylation sites is 2. The predicted molar refractivity (Wildman–Crippen MR) is 122 cm³/mol. The number of amides is 1. The second-order valence-corrected chi connectivity index (χ2v) is 8.45. The monoisotopic (exact) mass is 450 g/mol. The Morgan fingerprint density at radius 1 is 1.19 bits per heavy atom. The first-order valence-electron chi connectivity index (χ1n) is 10.7. The van der Waals surface area contributed by atoms with E-state index >= 15 is 0 Å². The highest BCUT2D eigenvalue weighted by Crippen LogP contribution is 2.29. The third-order valence-corrected chi connectivity index (χ3v) is 6.03. The minimum absolute atomic E-state index is 0.0110. The molecule has 1 aliphatic rings. The van der Waals surface area contributed by atoms with E-state index in [-0.39, 0.29) is 12.3 Å². The number of benzene rings is 2. The summed E-state index contributed by atoms with van der Waals surface area (Å²) in [6.45, 7) is 1.08. The number of likely N-dealkylation sites (tertiary alicyclic amines) is 1. The number of aryl methyl sites for hydroxylation is 1. The first-order chi connectivity index (χ1) is 15.6. The van der Waals surface area contributed by atoms with Gasteiger partial charge in [-0.2, -0.15) is 4.98 Å². The molecule has 1 unspecified atom stereocenters. The van der Waals surface area contributed by atoms with E-state index in [2.05, 4.69) is 4.98 Å². The number of oxazole rings is 1. The number of aliphatic hydroxyl groups excluding tert-OH is 1. The maximum atomic E-state index is 12.7. The van der Waals surface area contributed by atoms with Crippen molar-refractivity contribution in [3.63, 3.8) is 0 Å². The molecule has 0 radical (unpaired) electrons. The molecule has 3 heterocycles. The van der Waals surface area contributed by atoms with Crippen molar-refractivity contribution in [3.8, 4) is 17.3 Å². The standard InChI is InChI=1S/C24H23ClN4O3/c25-17-9-7-16(8-10-17)23-21(11-12-22(31)28-13-3-4-18(30)14-28)32-24(27-23)29-15-26-19-5-1-2-6-20(19)29/h1-2,5-10,15,18,30H,3-4,11-14H2. The van der Waals surface area contributed by atoms with E-state index < -0.39 is 6.10 Å². The number of hydrogen-bond donors (Lipinski definition) is 1. The largest absolute Gasteiger partial charge is 0.427 e. The van der Waals surface area contributed by atoms with Gasteiger partial charge in [-0.15, -0.1) is 0 Å². The number of piperidine rings is 1. The molecule has 1 saturated heterocycles. The van der Waals surface area contributed by atoms with Gasteiger partial charge in [-0.1, -0.05) is 35.9 Å². The normalized spacial score (nSPS) is 16.6. The molecule has 0 aliphatic carbocycles. The Labute approximate surface area is 190 Å². The Hall–Kier alpha value is -3.16. The van der Waals surface area contributed by atoms with Crippen molar-refractivity contribution in [2.24, 2.45) is 0 Å². The molecule has 1 aliphatic heterocycles. The number of rotatable bonds is 5. The molecule has 0 spiro atoms. The minimum Gasteiger partial charge on any atom is -0.427 e. The number of carbonyl (C=O) groups excluding carboxylic acids is 1. The zero-order valence-electron chi connectivity index (χ0n) is 17.4. The molecule has 4 aromatic rings. The Bertz CT molecular complexity index is 1250. The number of aromatic nitrogens is 3. The summed E-state index contributed by atoms with van der Waals surface area (Å²) in [5.41, 5.74) is 3.28.